The van der Waals surface area contributed by atoms with Crippen molar-refractivity contribution in [1.29, 1.82) is 0 Å². The molecular weight excluding hydrogens is 303 g/mol. The Bertz CT molecular complexity index is 702. The maximum absolute atomic E-state index is 6.22. The van der Waals surface area contributed by atoms with Crippen LogP contribution in [0.2, 0.25) is 10.0 Å². The van der Waals surface area contributed by atoms with Gasteiger partial charge in [0.2, 0.25) is 5.88 Å². The van der Waals surface area contributed by atoms with E-state index in [0.29, 0.717) is 26.9 Å². The van der Waals surface area contributed by atoms with Gasteiger partial charge in [-0.3, -0.25) is 0 Å². The first kappa shape index (κ1) is 12.5. The molecule has 0 amide bonds. The van der Waals surface area contributed by atoms with Crippen LogP contribution in [-0.4, -0.2) is 5.16 Å². The fourth-order valence-corrected chi connectivity index (χ4v) is 3.10. The number of aromatic nitrogens is 1. The summed E-state index contributed by atoms with van der Waals surface area (Å²) in [6, 6.07) is 7.23. The lowest BCUT2D eigenvalue weighted by Crippen LogP contribution is -1.89. The van der Waals surface area contributed by atoms with Crippen molar-refractivity contribution in [1.82, 2.24) is 5.16 Å². The molecule has 3 rings (SSSR count). The number of nitrogens with two attached hydrogens (primary N) is 1. The van der Waals surface area contributed by atoms with Crippen LogP contribution in [0.1, 0.15) is 0 Å². The Morgan fingerprint density at radius 1 is 1.11 bits per heavy atom. The highest BCUT2D eigenvalue weighted by Crippen LogP contribution is 2.43. The maximum Gasteiger partial charge on any atom is 0.230 e. The molecule has 0 atom stereocenters. The van der Waals surface area contributed by atoms with Crippen LogP contribution in [0.15, 0.2) is 39.5 Å². The number of hydrogen-bond acceptors (Lipinski definition) is 4. The van der Waals surface area contributed by atoms with Crippen molar-refractivity contribution in [2.24, 2.45) is 0 Å². The van der Waals surface area contributed by atoms with Gasteiger partial charge in [0.25, 0.3) is 0 Å². The molecule has 0 saturated carbocycles. The van der Waals surface area contributed by atoms with E-state index in [2.05, 4.69) is 5.16 Å². The second kappa shape index (κ2) is 4.89. The zero-order chi connectivity index (χ0) is 13.4. The predicted octanol–water partition coefficient (Wildman–Crippen LogP) is 4.96. The molecule has 6 heteroatoms. The van der Waals surface area contributed by atoms with E-state index in [9.17, 15) is 0 Å². The number of nitrogens with zero attached hydrogens (tertiary/aromatic N) is 1. The second-order valence-electron chi connectivity index (χ2n) is 3.88. The molecule has 3 aromatic rings. The average molecular weight is 311 g/mol. The van der Waals surface area contributed by atoms with Gasteiger partial charge in [0, 0.05) is 16.5 Å². The number of benzene rings is 1. The molecule has 19 heavy (non-hydrogen) atoms. The third-order valence-corrected chi connectivity index (χ3v) is 4.04. The van der Waals surface area contributed by atoms with Crippen LogP contribution < -0.4 is 5.73 Å². The molecule has 0 aliphatic rings. The molecule has 0 aliphatic heterocycles. The monoisotopic (exact) mass is 310 g/mol. The first-order valence-corrected chi connectivity index (χ1v) is 7.10. The number of thiophene rings is 1. The van der Waals surface area contributed by atoms with Crippen LogP contribution in [-0.2, 0) is 0 Å². The minimum Gasteiger partial charge on any atom is -0.367 e. The topological polar surface area (TPSA) is 52.0 Å². The Morgan fingerprint density at radius 3 is 2.47 bits per heavy atom. The lowest BCUT2D eigenvalue weighted by Gasteiger charge is -2.06. The van der Waals surface area contributed by atoms with Crippen LogP contribution in [0.4, 0.5) is 5.88 Å². The highest BCUT2D eigenvalue weighted by Gasteiger charge is 2.21. The van der Waals surface area contributed by atoms with Gasteiger partial charge >= 0.3 is 0 Å². The molecule has 0 saturated heterocycles. The highest BCUT2D eigenvalue weighted by atomic mass is 35.5. The second-order valence-corrected chi connectivity index (χ2v) is 5.47. The molecule has 2 N–H and O–H groups in total. The molecule has 0 unspecified atom stereocenters. The van der Waals surface area contributed by atoms with Crippen LogP contribution in [0.5, 0.6) is 0 Å². The third-order valence-electron chi connectivity index (χ3n) is 2.73. The largest absolute Gasteiger partial charge is 0.367 e. The summed E-state index contributed by atoms with van der Waals surface area (Å²) in [5.41, 5.74) is 8.73. The molecule has 0 spiro atoms. The summed E-state index contributed by atoms with van der Waals surface area (Å²) in [7, 11) is 0. The molecule has 96 valence electrons. The van der Waals surface area contributed by atoms with E-state index < -0.39 is 0 Å². The summed E-state index contributed by atoms with van der Waals surface area (Å²) in [5, 5.41) is 8.95. The molecule has 1 aromatic carbocycles. The number of anilines is 1. The van der Waals surface area contributed by atoms with E-state index >= 15 is 0 Å². The smallest absolute Gasteiger partial charge is 0.230 e. The minimum absolute atomic E-state index is 0.205. The van der Waals surface area contributed by atoms with Crippen molar-refractivity contribution in [2.45, 2.75) is 0 Å². The normalized spacial score (nSPS) is 10.8. The Balaban J connectivity index is 2.29. The van der Waals surface area contributed by atoms with Gasteiger partial charge in [0.05, 0.1) is 15.6 Å². The number of halogens is 2. The van der Waals surface area contributed by atoms with Gasteiger partial charge in [-0.1, -0.05) is 34.4 Å². The first-order chi connectivity index (χ1) is 9.18. The molecule has 2 heterocycles. The predicted molar refractivity (Wildman–Crippen MR) is 79.7 cm³/mol. The average Bonchev–Trinajstić information content (AvgIpc) is 2.99. The first-order valence-electron chi connectivity index (χ1n) is 5.40. The number of nitrogen functional groups attached to an aromatic ring is 1. The van der Waals surface area contributed by atoms with Crippen molar-refractivity contribution in [3.8, 4) is 22.4 Å². The SMILES string of the molecule is Nc1onc(-c2ccsc2)c1-c1c(Cl)cccc1Cl. The minimum atomic E-state index is 0.205. The van der Waals surface area contributed by atoms with Crippen molar-refractivity contribution in [3.05, 3.63) is 45.1 Å². The molecule has 2 aromatic heterocycles. The van der Waals surface area contributed by atoms with Gasteiger partial charge in [-0.25, -0.2) is 0 Å². The fourth-order valence-electron chi connectivity index (χ4n) is 1.88. The Hall–Kier alpha value is -1.49. The van der Waals surface area contributed by atoms with Gasteiger partial charge in [0.1, 0.15) is 5.69 Å². The summed E-state index contributed by atoms with van der Waals surface area (Å²) in [4.78, 5) is 0. The quantitative estimate of drug-likeness (QED) is 0.728. The molecule has 0 bridgehead atoms. The van der Waals surface area contributed by atoms with Crippen LogP contribution in [0.25, 0.3) is 22.4 Å². The zero-order valence-electron chi connectivity index (χ0n) is 9.56. The summed E-state index contributed by atoms with van der Waals surface area (Å²) in [5.74, 6) is 0.205. The standard InChI is InChI=1S/C13H8Cl2N2OS/c14-8-2-1-3-9(15)10(8)11-12(17-18-13(11)16)7-4-5-19-6-7/h1-6H,16H2. The van der Waals surface area contributed by atoms with Gasteiger partial charge in [-0.2, -0.15) is 11.3 Å². The molecular formula is C13H8Cl2N2OS. The summed E-state index contributed by atoms with van der Waals surface area (Å²) >= 11 is 14.0. The fraction of sp³-hybridized carbons (Fsp3) is 0. The van der Waals surface area contributed by atoms with Gasteiger partial charge in [0.15, 0.2) is 0 Å². The summed E-state index contributed by atoms with van der Waals surface area (Å²) in [6.45, 7) is 0. The van der Waals surface area contributed by atoms with Gasteiger partial charge in [-0.15, -0.1) is 0 Å². The van der Waals surface area contributed by atoms with E-state index in [1.54, 1.807) is 29.5 Å². The number of hydrogen-bond donors (Lipinski definition) is 1. The van der Waals surface area contributed by atoms with E-state index in [1.165, 1.54) is 0 Å². The van der Waals surface area contributed by atoms with E-state index in [0.717, 1.165) is 5.56 Å². The van der Waals surface area contributed by atoms with Crippen LogP contribution >= 0.6 is 34.5 Å². The van der Waals surface area contributed by atoms with Crippen molar-refractivity contribution in [3.63, 3.8) is 0 Å². The van der Waals surface area contributed by atoms with Crippen molar-refractivity contribution >= 4 is 40.4 Å². The zero-order valence-corrected chi connectivity index (χ0v) is 11.9. The Kier molecular flexibility index (Phi) is 3.22. The van der Waals surface area contributed by atoms with Gasteiger partial charge in [-0.05, 0) is 23.6 Å². The number of rotatable bonds is 2. The lowest BCUT2D eigenvalue weighted by atomic mass is 10.0. The lowest BCUT2D eigenvalue weighted by molar-refractivity contribution is 0.439. The summed E-state index contributed by atoms with van der Waals surface area (Å²) in [6.07, 6.45) is 0. The highest BCUT2D eigenvalue weighted by molar-refractivity contribution is 7.08. The van der Waals surface area contributed by atoms with Gasteiger partial charge < -0.3 is 10.3 Å². The van der Waals surface area contributed by atoms with Crippen LogP contribution in [0.3, 0.4) is 0 Å². The van der Waals surface area contributed by atoms with E-state index in [1.807, 2.05) is 16.8 Å². The van der Waals surface area contributed by atoms with E-state index in [-0.39, 0.29) is 5.88 Å². The molecule has 0 aliphatic carbocycles. The molecule has 3 nitrogen and oxygen atoms in total. The molecule has 0 fully saturated rings. The van der Waals surface area contributed by atoms with Crippen molar-refractivity contribution < 1.29 is 4.52 Å². The van der Waals surface area contributed by atoms with E-state index in [4.69, 9.17) is 33.5 Å². The van der Waals surface area contributed by atoms with Crippen molar-refractivity contribution in [2.75, 3.05) is 5.73 Å². The summed E-state index contributed by atoms with van der Waals surface area (Å²) < 4.78 is 5.10. The maximum atomic E-state index is 6.22. The Labute approximate surface area is 123 Å². The van der Waals surface area contributed by atoms with Crippen LogP contribution in [0, 0.1) is 0 Å². The third kappa shape index (κ3) is 2.12. The molecule has 0 radical (unpaired) electrons. The Morgan fingerprint density at radius 2 is 1.84 bits per heavy atom.